The Hall–Kier alpha value is -4.79. The summed E-state index contributed by atoms with van der Waals surface area (Å²) in [4.78, 5) is 21.1. The van der Waals surface area contributed by atoms with Crippen molar-refractivity contribution in [3.63, 3.8) is 0 Å². The number of halogens is 3. The molecule has 3 rings (SSSR count). The van der Waals surface area contributed by atoms with Crippen LogP contribution in [-0.2, 0) is 25.2 Å². The Balaban J connectivity index is 1.80. The summed E-state index contributed by atoms with van der Waals surface area (Å²) in [5.41, 5.74) is 0.488. The maximum absolute atomic E-state index is 13.9. The molecular formula is C27H19F3O6. The number of hydrogen-bond donors (Lipinski definition) is 0. The number of carbonyl (C=O) groups excluding carboxylic acids is 2. The zero-order chi connectivity index (χ0) is 26.0. The normalized spacial score (nSPS) is 11.3. The first-order valence-electron chi connectivity index (χ1n) is 10.3. The van der Waals surface area contributed by atoms with Gasteiger partial charge in [0.2, 0.25) is 0 Å². The van der Waals surface area contributed by atoms with Gasteiger partial charge in [0.25, 0.3) is 6.47 Å². The van der Waals surface area contributed by atoms with E-state index in [-0.39, 0.29) is 12.0 Å². The Morgan fingerprint density at radius 3 is 1.86 bits per heavy atom. The van der Waals surface area contributed by atoms with Gasteiger partial charge in [-0.25, -0.2) is 4.79 Å². The molecule has 0 atom stereocenters. The molecular weight excluding hydrogens is 477 g/mol. The lowest BCUT2D eigenvalue weighted by Crippen LogP contribution is -2.07. The summed E-state index contributed by atoms with van der Waals surface area (Å²) in [5.74, 6) is 0.106. The third kappa shape index (κ3) is 7.10. The molecule has 0 bridgehead atoms. The minimum Gasteiger partial charge on any atom is -0.462 e. The van der Waals surface area contributed by atoms with Crippen molar-refractivity contribution in [2.45, 2.75) is 6.18 Å². The zero-order valence-electron chi connectivity index (χ0n) is 18.6. The van der Waals surface area contributed by atoms with Crippen molar-refractivity contribution in [1.29, 1.82) is 0 Å². The lowest BCUT2D eigenvalue weighted by molar-refractivity contribution is -0.137. The van der Waals surface area contributed by atoms with E-state index in [4.69, 9.17) is 9.47 Å². The van der Waals surface area contributed by atoms with Crippen LogP contribution in [0.1, 0.15) is 5.56 Å². The Labute approximate surface area is 204 Å². The maximum Gasteiger partial charge on any atom is 0.417 e. The van der Waals surface area contributed by atoms with Gasteiger partial charge in [-0.1, -0.05) is 43.0 Å². The van der Waals surface area contributed by atoms with E-state index in [1.54, 1.807) is 30.3 Å². The first-order valence-corrected chi connectivity index (χ1v) is 10.3. The van der Waals surface area contributed by atoms with Gasteiger partial charge in [-0.2, -0.15) is 13.2 Å². The molecule has 0 aliphatic carbocycles. The Morgan fingerprint density at radius 1 is 0.750 bits per heavy atom. The highest BCUT2D eigenvalue weighted by Gasteiger charge is 2.34. The molecule has 0 aromatic heterocycles. The molecule has 0 saturated heterocycles. The van der Waals surface area contributed by atoms with Crippen molar-refractivity contribution in [3.05, 3.63) is 110 Å². The van der Waals surface area contributed by atoms with Crippen LogP contribution in [0.25, 0.3) is 22.3 Å². The lowest BCUT2D eigenvalue weighted by atomic mass is 9.94. The molecule has 0 N–H and O–H groups in total. The summed E-state index contributed by atoms with van der Waals surface area (Å²) in [6.45, 7) is 3.48. The molecule has 0 aliphatic heterocycles. The van der Waals surface area contributed by atoms with E-state index >= 15 is 0 Å². The van der Waals surface area contributed by atoms with Gasteiger partial charge >= 0.3 is 12.1 Å². The van der Waals surface area contributed by atoms with E-state index in [0.717, 1.165) is 37.2 Å². The molecule has 184 valence electrons. The van der Waals surface area contributed by atoms with Crippen LogP contribution in [0.15, 0.2) is 104 Å². The average Bonchev–Trinajstić information content (AvgIpc) is 2.89. The van der Waals surface area contributed by atoms with E-state index in [1.807, 2.05) is 0 Å². The number of benzene rings is 3. The van der Waals surface area contributed by atoms with E-state index < -0.39 is 17.7 Å². The summed E-state index contributed by atoms with van der Waals surface area (Å²) < 4.78 is 61.2. The molecule has 6 nitrogen and oxygen atoms in total. The second kappa shape index (κ2) is 12.1. The highest BCUT2D eigenvalue weighted by atomic mass is 19.4. The van der Waals surface area contributed by atoms with Crippen LogP contribution in [0.2, 0.25) is 0 Å². The van der Waals surface area contributed by atoms with Gasteiger partial charge in [-0.15, -0.1) is 0 Å². The number of alkyl halides is 3. The van der Waals surface area contributed by atoms with Gasteiger partial charge in [0.15, 0.2) is 0 Å². The van der Waals surface area contributed by atoms with Crippen molar-refractivity contribution in [2.75, 3.05) is 0 Å². The topological polar surface area (TPSA) is 71.1 Å². The van der Waals surface area contributed by atoms with Crippen LogP contribution in [0.5, 0.6) is 11.5 Å². The molecule has 0 radical (unpaired) electrons. The van der Waals surface area contributed by atoms with Crippen molar-refractivity contribution < 1.29 is 41.7 Å². The van der Waals surface area contributed by atoms with Crippen molar-refractivity contribution in [2.24, 2.45) is 0 Å². The fourth-order valence-corrected chi connectivity index (χ4v) is 3.07. The van der Waals surface area contributed by atoms with E-state index in [9.17, 15) is 22.8 Å². The number of carbonyl (C=O) groups is 2. The Bertz CT molecular complexity index is 1260. The largest absolute Gasteiger partial charge is 0.462 e. The predicted octanol–water partition coefficient (Wildman–Crippen LogP) is 6.64. The molecule has 36 heavy (non-hydrogen) atoms. The number of ether oxygens (including phenoxy) is 4. The lowest BCUT2D eigenvalue weighted by Gasteiger charge is -2.15. The monoisotopic (exact) mass is 496 g/mol. The van der Waals surface area contributed by atoms with E-state index in [2.05, 4.69) is 16.1 Å². The third-order valence-electron chi connectivity index (χ3n) is 4.68. The predicted molar refractivity (Wildman–Crippen MR) is 125 cm³/mol. The van der Waals surface area contributed by atoms with Gasteiger partial charge in [-0.05, 0) is 52.6 Å². The number of rotatable bonds is 10. The van der Waals surface area contributed by atoms with Crippen LogP contribution in [0.3, 0.4) is 0 Å². The number of esters is 1. The SMILES string of the molecule is C=CC(=O)O/C=C\Oc1ccc(-c2ccc(-c3ccc(O/C=C\OC=O)cc3)c(C(F)(F)F)c2)cc1. The third-order valence-corrected chi connectivity index (χ3v) is 4.68. The van der Waals surface area contributed by atoms with Crippen LogP contribution in [-0.4, -0.2) is 12.4 Å². The van der Waals surface area contributed by atoms with Gasteiger partial charge in [0, 0.05) is 6.08 Å². The fraction of sp³-hybridized carbons (Fsp3) is 0.0370. The minimum atomic E-state index is -4.59. The highest BCUT2D eigenvalue weighted by Crippen LogP contribution is 2.40. The summed E-state index contributed by atoms with van der Waals surface area (Å²) in [6.07, 6.45) is 0.756. The van der Waals surface area contributed by atoms with Crippen molar-refractivity contribution in [1.82, 2.24) is 0 Å². The van der Waals surface area contributed by atoms with Gasteiger partial charge in [0.1, 0.15) is 36.5 Å². The van der Waals surface area contributed by atoms with Crippen LogP contribution in [0.4, 0.5) is 13.2 Å². The standard InChI is InChI=1S/C27H19F3O6/c1-2-26(32)36-16-15-35-22-8-3-19(4-9-22)21-7-12-24(25(17-21)27(28,29)30)20-5-10-23(11-6-20)34-14-13-33-18-31/h2-18H,1H2/b14-13-,16-15-. The molecule has 0 spiro atoms. The van der Waals surface area contributed by atoms with E-state index in [1.165, 1.54) is 30.3 Å². The smallest absolute Gasteiger partial charge is 0.417 e. The molecule has 0 fully saturated rings. The number of hydrogen-bond acceptors (Lipinski definition) is 6. The first-order chi connectivity index (χ1) is 17.3. The van der Waals surface area contributed by atoms with Crippen LogP contribution >= 0.6 is 0 Å². The summed E-state index contributed by atoms with van der Waals surface area (Å²) in [5, 5.41) is 0. The molecule has 0 aliphatic rings. The Kier molecular flexibility index (Phi) is 8.66. The average molecular weight is 496 g/mol. The molecule has 0 unspecified atom stereocenters. The molecule has 3 aromatic rings. The summed E-state index contributed by atoms with van der Waals surface area (Å²) in [7, 11) is 0. The summed E-state index contributed by atoms with van der Waals surface area (Å²) >= 11 is 0. The highest BCUT2D eigenvalue weighted by molar-refractivity contribution is 5.81. The molecule has 9 heteroatoms. The van der Waals surface area contributed by atoms with Gasteiger partial charge in [-0.3, -0.25) is 4.79 Å². The second-order valence-electron chi connectivity index (χ2n) is 6.96. The van der Waals surface area contributed by atoms with Crippen molar-refractivity contribution in [3.8, 4) is 33.8 Å². The van der Waals surface area contributed by atoms with Gasteiger partial charge < -0.3 is 18.9 Å². The summed E-state index contributed by atoms with van der Waals surface area (Å²) in [6, 6.07) is 16.5. The molecule has 0 saturated carbocycles. The van der Waals surface area contributed by atoms with Crippen LogP contribution in [0, 0.1) is 0 Å². The Morgan fingerprint density at radius 2 is 1.31 bits per heavy atom. The quantitative estimate of drug-likeness (QED) is 0.136. The van der Waals surface area contributed by atoms with Crippen LogP contribution < -0.4 is 9.47 Å². The molecule has 0 amide bonds. The first kappa shape index (κ1) is 25.8. The molecule has 3 aromatic carbocycles. The van der Waals surface area contributed by atoms with E-state index in [0.29, 0.717) is 28.2 Å². The second-order valence-corrected chi connectivity index (χ2v) is 6.96. The fourth-order valence-electron chi connectivity index (χ4n) is 3.07. The molecule has 0 heterocycles. The maximum atomic E-state index is 13.9. The van der Waals surface area contributed by atoms with Crippen molar-refractivity contribution >= 4 is 12.4 Å². The zero-order valence-corrected chi connectivity index (χ0v) is 18.6. The minimum absolute atomic E-state index is 0.0109. The van der Waals surface area contributed by atoms with Gasteiger partial charge in [0.05, 0.1) is 5.56 Å².